The molecule has 2 heteroatoms. The van der Waals surface area contributed by atoms with Crippen LogP contribution in [0.25, 0.3) is 0 Å². The van der Waals surface area contributed by atoms with Crippen molar-refractivity contribution in [3.63, 3.8) is 0 Å². The maximum Gasteiger partial charge on any atom is 0.178 e. The van der Waals surface area contributed by atoms with Crippen LogP contribution in [0.5, 0.6) is 0 Å². The topological polar surface area (TPSA) is 34.1 Å². The van der Waals surface area contributed by atoms with E-state index in [9.17, 15) is 9.59 Å². The van der Waals surface area contributed by atoms with Crippen LogP contribution >= 0.6 is 0 Å². The molecular weight excluding hydrogens is 320 g/mol. The lowest BCUT2D eigenvalue weighted by Gasteiger charge is -2.35. The van der Waals surface area contributed by atoms with Crippen LogP contribution in [-0.4, -0.2) is 11.6 Å². The third-order valence-electron chi connectivity index (χ3n) is 5.54. The van der Waals surface area contributed by atoms with Gasteiger partial charge in [0.05, 0.1) is 0 Å². The Morgan fingerprint density at radius 3 is 1.42 bits per heavy atom. The number of carbonyl (C=O) groups excluding carboxylic acids is 2. The van der Waals surface area contributed by atoms with Gasteiger partial charge in [-0.3, -0.25) is 9.59 Å². The minimum absolute atomic E-state index is 0.0571. The molecule has 0 aromatic heterocycles. The molecule has 0 N–H and O–H groups in total. The molecule has 0 atom stereocenters. The molecule has 0 bridgehead atoms. The fourth-order valence-corrected chi connectivity index (χ4v) is 4.30. The summed E-state index contributed by atoms with van der Waals surface area (Å²) in [4.78, 5) is 27.1. The number of rotatable bonds is 4. The zero-order chi connectivity index (χ0) is 18.1. The van der Waals surface area contributed by atoms with E-state index in [0.717, 1.165) is 11.1 Å². The largest absolute Gasteiger partial charge is 0.293 e. The summed E-state index contributed by atoms with van der Waals surface area (Å²) in [5.41, 5.74) is 2.00. The van der Waals surface area contributed by atoms with Crippen LogP contribution in [-0.2, 0) is 0 Å². The van der Waals surface area contributed by atoms with E-state index in [0.29, 0.717) is 17.5 Å². The molecule has 3 aromatic carbocycles. The molecule has 1 aliphatic rings. The average molecular weight is 340 g/mol. The highest BCUT2D eigenvalue weighted by Crippen LogP contribution is 2.51. The Labute approximate surface area is 153 Å². The maximum absolute atomic E-state index is 13.5. The zero-order valence-electron chi connectivity index (χ0n) is 14.7. The molecule has 0 spiro atoms. The van der Waals surface area contributed by atoms with Crippen molar-refractivity contribution in [3.05, 3.63) is 107 Å². The minimum atomic E-state index is -1.09. The Bertz CT molecular complexity index is 883. The molecule has 1 aliphatic carbocycles. The molecule has 0 amide bonds. The summed E-state index contributed by atoms with van der Waals surface area (Å²) in [6.45, 7) is 1.94. The smallest absolute Gasteiger partial charge is 0.178 e. The van der Waals surface area contributed by atoms with Gasteiger partial charge in [0.15, 0.2) is 11.6 Å². The molecule has 2 nitrogen and oxygen atoms in total. The lowest BCUT2D eigenvalue weighted by atomic mass is 9.64. The molecule has 0 unspecified atom stereocenters. The highest BCUT2D eigenvalue weighted by atomic mass is 16.2. The van der Waals surface area contributed by atoms with Crippen molar-refractivity contribution in [2.45, 2.75) is 19.3 Å². The third kappa shape index (κ3) is 2.26. The summed E-state index contributed by atoms with van der Waals surface area (Å²) >= 11 is 0. The normalized spacial score (nSPS) is 15.3. The first-order chi connectivity index (χ1) is 12.7. The summed E-state index contributed by atoms with van der Waals surface area (Å²) in [5, 5.41) is 0. The van der Waals surface area contributed by atoms with Gasteiger partial charge in [-0.05, 0) is 17.5 Å². The van der Waals surface area contributed by atoms with E-state index in [-0.39, 0.29) is 17.5 Å². The summed E-state index contributed by atoms with van der Waals surface area (Å²) < 4.78 is 0. The quantitative estimate of drug-likeness (QED) is 0.604. The van der Waals surface area contributed by atoms with Crippen molar-refractivity contribution in [1.29, 1.82) is 0 Å². The molecule has 128 valence electrons. The molecule has 0 heterocycles. The lowest BCUT2D eigenvalue weighted by Crippen LogP contribution is -2.40. The van der Waals surface area contributed by atoms with Crippen LogP contribution in [0.3, 0.4) is 0 Å². The number of hydrogen-bond donors (Lipinski definition) is 0. The maximum atomic E-state index is 13.5. The molecule has 3 aromatic rings. The van der Waals surface area contributed by atoms with E-state index in [1.807, 2.05) is 79.7 Å². The third-order valence-corrected chi connectivity index (χ3v) is 5.54. The van der Waals surface area contributed by atoms with Gasteiger partial charge in [0.1, 0.15) is 5.41 Å². The number of Topliss-reactive ketones (excluding diaryl/α,β-unsaturated/α-hetero) is 2. The first kappa shape index (κ1) is 16.5. The van der Waals surface area contributed by atoms with Crippen LogP contribution in [0.1, 0.15) is 51.1 Å². The van der Waals surface area contributed by atoms with Crippen LogP contribution in [0, 0.1) is 5.41 Å². The molecule has 26 heavy (non-hydrogen) atoms. The van der Waals surface area contributed by atoms with Gasteiger partial charge in [-0.2, -0.15) is 0 Å². The van der Waals surface area contributed by atoms with Crippen molar-refractivity contribution in [2.24, 2.45) is 5.41 Å². The molecule has 0 saturated heterocycles. The summed E-state index contributed by atoms with van der Waals surface area (Å²) in [5.74, 6) is -0.418. The number of fused-ring (bicyclic) bond motifs is 1. The molecule has 0 fully saturated rings. The van der Waals surface area contributed by atoms with Crippen molar-refractivity contribution in [1.82, 2.24) is 0 Å². The Morgan fingerprint density at radius 2 is 1.04 bits per heavy atom. The van der Waals surface area contributed by atoms with Crippen LogP contribution in [0.15, 0.2) is 84.9 Å². The Balaban J connectivity index is 1.98. The van der Waals surface area contributed by atoms with E-state index in [2.05, 4.69) is 0 Å². The first-order valence-corrected chi connectivity index (χ1v) is 8.98. The standard InChI is InChI=1S/C24H20O2/c1-2-24(22(25)19-15-9-10-16-20(19)23(24)26)21(17-11-5-3-6-12-17)18-13-7-4-8-14-18/h3-16,21H,2H2,1H3. The average Bonchev–Trinajstić information content (AvgIpc) is 2.93. The van der Waals surface area contributed by atoms with Crippen molar-refractivity contribution < 1.29 is 9.59 Å². The van der Waals surface area contributed by atoms with E-state index >= 15 is 0 Å². The fraction of sp³-hybridized carbons (Fsp3) is 0.167. The van der Waals surface area contributed by atoms with Gasteiger partial charge in [-0.15, -0.1) is 0 Å². The molecular formula is C24H20O2. The van der Waals surface area contributed by atoms with Gasteiger partial charge in [-0.1, -0.05) is 91.9 Å². The van der Waals surface area contributed by atoms with Gasteiger partial charge in [-0.25, -0.2) is 0 Å². The Morgan fingerprint density at radius 1 is 0.654 bits per heavy atom. The predicted molar refractivity (Wildman–Crippen MR) is 103 cm³/mol. The van der Waals surface area contributed by atoms with E-state index < -0.39 is 5.41 Å². The van der Waals surface area contributed by atoms with Crippen LogP contribution < -0.4 is 0 Å². The van der Waals surface area contributed by atoms with Crippen molar-refractivity contribution >= 4 is 11.6 Å². The van der Waals surface area contributed by atoms with Gasteiger partial charge >= 0.3 is 0 Å². The zero-order valence-corrected chi connectivity index (χ0v) is 14.7. The molecule has 4 rings (SSSR count). The fourth-order valence-electron chi connectivity index (χ4n) is 4.30. The number of benzene rings is 3. The minimum Gasteiger partial charge on any atom is -0.293 e. The van der Waals surface area contributed by atoms with E-state index in [1.165, 1.54) is 0 Å². The van der Waals surface area contributed by atoms with Crippen molar-refractivity contribution in [2.75, 3.05) is 0 Å². The number of hydrogen-bond acceptors (Lipinski definition) is 2. The lowest BCUT2D eigenvalue weighted by molar-refractivity contribution is 0.0661. The van der Waals surface area contributed by atoms with Gasteiger partial charge < -0.3 is 0 Å². The molecule has 0 radical (unpaired) electrons. The second kappa shape index (κ2) is 6.38. The molecule has 0 saturated carbocycles. The highest BCUT2D eigenvalue weighted by Gasteiger charge is 2.56. The van der Waals surface area contributed by atoms with Gasteiger partial charge in [0, 0.05) is 17.0 Å². The molecule has 0 aliphatic heterocycles. The van der Waals surface area contributed by atoms with Crippen LogP contribution in [0.4, 0.5) is 0 Å². The second-order valence-electron chi connectivity index (χ2n) is 6.78. The predicted octanol–water partition coefficient (Wildman–Crippen LogP) is 5.29. The van der Waals surface area contributed by atoms with E-state index in [4.69, 9.17) is 0 Å². The van der Waals surface area contributed by atoms with Crippen LogP contribution in [0.2, 0.25) is 0 Å². The monoisotopic (exact) mass is 340 g/mol. The van der Waals surface area contributed by atoms with Gasteiger partial charge in [0.25, 0.3) is 0 Å². The summed E-state index contributed by atoms with van der Waals surface area (Å²) in [7, 11) is 0. The Hall–Kier alpha value is -3.00. The first-order valence-electron chi connectivity index (χ1n) is 8.98. The summed E-state index contributed by atoms with van der Waals surface area (Å²) in [6.07, 6.45) is 0.466. The Kier molecular flexibility index (Phi) is 4.04. The van der Waals surface area contributed by atoms with Gasteiger partial charge in [0.2, 0.25) is 0 Å². The SMILES string of the molecule is CCC1(C(c2ccccc2)c2ccccc2)C(=O)c2ccccc2C1=O. The number of ketones is 2. The van der Waals surface area contributed by atoms with Crippen molar-refractivity contribution in [3.8, 4) is 0 Å². The number of carbonyl (C=O) groups is 2. The second-order valence-corrected chi connectivity index (χ2v) is 6.78. The highest BCUT2D eigenvalue weighted by molar-refractivity contribution is 6.30. The summed E-state index contributed by atoms with van der Waals surface area (Å²) in [6, 6.07) is 27.0. The van der Waals surface area contributed by atoms with E-state index in [1.54, 1.807) is 12.1 Å².